The Labute approximate surface area is 160 Å². The Hall–Kier alpha value is -1.88. The molecule has 0 aliphatic carbocycles. The van der Waals surface area contributed by atoms with Crippen molar-refractivity contribution in [1.82, 2.24) is 13.5 Å². The predicted molar refractivity (Wildman–Crippen MR) is 101 cm³/mol. The maximum atomic E-state index is 12.5. The van der Waals surface area contributed by atoms with E-state index in [2.05, 4.69) is 5.32 Å². The topological polar surface area (TPSA) is 91.4 Å². The minimum atomic E-state index is -3.42. The first-order chi connectivity index (χ1) is 12.9. The van der Waals surface area contributed by atoms with Crippen molar-refractivity contribution in [1.29, 1.82) is 0 Å². The van der Waals surface area contributed by atoms with Gasteiger partial charge in [-0.25, -0.2) is 0 Å². The number of nitrogens with zero attached hydrogens (tertiary/aromatic N) is 3. The third kappa shape index (κ3) is 4.52. The first kappa shape index (κ1) is 19.9. The van der Waals surface area contributed by atoms with Crippen LogP contribution in [-0.4, -0.2) is 80.4 Å². The van der Waals surface area contributed by atoms with E-state index in [-0.39, 0.29) is 19.2 Å². The van der Waals surface area contributed by atoms with Crippen LogP contribution in [0.5, 0.6) is 11.5 Å². The maximum absolute atomic E-state index is 12.5. The van der Waals surface area contributed by atoms with Gasteiger partial charge in [0.05, 0.1) is 6.54 Å². The molecule has 1 aromatic carbocycles. The highest BCUT2D eigenvalue weighted by molar-refractivity contribution is 7.86. The van der Waals surface area contributed by atoms with Crippen molar-refractivity contribution in [2.45, 2.75) is 13.8 Å². The van der Waals surface area contributed by atoms with Gasteiger partial charge in [0.1, 0.15) is 0 Å². The highest BCUT2D eigenvalue weighted by atomic mass is 32.2. The summed E-state index contributed by atoms with van der Waals surface area (Å²) in [6.07, 6.45) is 0. The van der Waals surface area contributed by atoms with E-state index >= 15 is 0 Å². The van der Waals surface area contributed by atoms with Gasteiger partial charge in [-0.1, -0.05) is 13.8 Å². The van der Waals surface area contributed by atoms with Gasteiger partial charge in [-0.15, -0.1) is 0 Å². The van der Waals surface area contributed by atoms with Crippen LogP contribution in [0.25, 0.3) is 0 Å². The minimum Gasteiger partial charge on any atom is -0.454 e. The fourth-order valence-corrected chi connectivity index (χ4v) is 4.81. The van der Waals surface area contributed by atoms with Gasteiger partial charge < -0.3 is 14.8 Å². The second-order valence-corrected chi connectivity index (χ2v) is 8.31. The van der Waals surface area contributed by atoms with Crippen LogP contribution < -0.4 is 14.8 Å². The van der Waals surface area contributed by atoms with Crippen LogP contribution in [0.15, 0.2) is 18.2 Å². The van der Waals surface area contributed by atoms with E-state index in [4.69, 9.17) is 9.47 Å². The number of piperazine rings is 1. The summed E-state index contributed by atoms with van der Waals surface area (Å²) in [5, 5.41) is 2.84. The normalized spacial score (nSPS) is 18.0. The number of benzene rings is 1. The van der Waals surface area contributed by atoms with Gasteiger partial charge in [0.15, 0.2) is 11.5 Å². The summed E-state index contributed by atoms with van der Waals surface area (Å²) in [5.41, 5.74) is 0.645. The smallest absolute Gasteiger partial charge is 0.282 e. The second-order valence-electron chi connectivity index (χ2n) is 6.38. The van der Waals surface area contributed by atoms with Crippen molar-refractivity contribution in [3.8, 4) is 11.5 Å². The Bertz CT molecular complexity index is 774. The summed E-state index contributed by atoms with van der Waals surface area (Å²) in [6, 6.07) is 5.25. The number of ether oxygens (including phenoxy) is 2. The number of hydrogen-bond acceptors (Lipinski definition) is 6. The van der Waals surface area contributed by atoms with E-state index in [0.29, 0.717) is 56.5 Å². The molecule has 1 N–H and O–H groups in total. The number of nitrogens with one attached hydrogen (secondary N) is 1. The number of anilines is 1. The zero-order chi connectivity index (χ0) is 19.4. The summed E-state index contributed by atoms with van der Waals surface area (Å²) >= 11 is 0. The van der Waals surface area contributed by atoms with E-state index in [9.17, 15) is 13.2 Å². The van der Waals surface area contributed by atoms with Crippen molar-refractivity contribution in [3.63, 3.8) is 0 Å². The standard InChI is InChI=1S/C17H26N4O5S/c1-3-20(4-2)27(23,24)21-9-7-19(8-10-21)12-17(22)18-14-5-6-15-16(11-14)26-13-25-15/h5-6,11H,3-4,7-10,12-13H2,1-2H3,(H,18,22). The lowest BCUT2D eigenvalue weighted by Crippen LogP contribution is -2.54. The molecule has 0 radical (unpaired) electrons. The Morgan fingerprint density at radius 3 is 2.44 bits per heavy atom. The van der Waals surface area contributed by atoms with Gasteiger partial charge in [-0.05, 0) is 12.1 Å². The molecule has 1 fully saturated rings. The monoisotopic (exact) mass is 398 g/mol. The fourth-order valence-electron chi connectivity index (χ4n) is 3.21. The summed E-state index contributed by atoms with van der Waals surface area (Å²) in [6.45, 7) is 6.79. The van der Waals surface area contributed by atoms with Gasteiger partial charge in [0.25, 0.3) is 10.2 Å². The van der Waals surface area contributed by atoms with E-state index in [1.165, 1.54) is 8.61 Å². The molecular weight excluding hydrogens is 372 g/mol. The molecule has 0 saturated carbocycles. The first-order valence-corrected chi connectivity index (χ1v) is 10.5. The molecule has 0 aromatic heterocycles. The molecule has 1 aromatic rings. The van der Waals surface area contributed by atoms with Crippen molar-refractivity contribution >= 4 is 21.8 Å². The number of amides is 1. The number of fused-ring (bicyclic) bond motifs is 1. The van der Waals surface area contributed by atoms with Crippen molar-refractivity contribution in [2.75, 3.05) is 57.9 Å². The van der Waals surface area contributed by atoms with Crippen molar-refractivity contribution in [3.05, 3.63) is 18.2 Å². The van der Waals surface area contributed by atoms with Crippen LogP contribution in [-0.2, 0) is 15.0 Å². The molecule has 2 aliphatic rings. The number of hydrogen-bond donors (Lipinski definition) is 1. The van der Waals surface area contributed by atoms with Gasteiger partial charge in [0, 0.05) is 51.0 Å². The lowest BCUT2D eigenvalue weighted by Gasteiger charge is -2.35. The molecule has 0 atom stereocenters. The predicted octanol–water partition coefficient (Wildman–Crippen LogP) is 0.558. The third-order valence-corrected chi connectivity index (χ3v) is 6.90. The van der Waals surface area contributed by atoms with E-state index < -0.39 is 10.2 Å². The highest BCUT2D eigenvalue weighted by Crippen LogP contribution is 2.34. The molecule has 1 saturated heterocycles. The van der Waals surface area contributed by atoms with Crippen LogP contribution in [0.2, 0.25) is 0 Å². The summed E-state index contributed by atoms with van der Waals surface area (Å²) < 4.78 is 38.6. The molecule has 0 spiro atoms. The van der Waals surface area contributed by atoms with Gasteiger partial charge >= 0.3 is 0 Å². The van der Waals surface area contributed by atoms with Gasteiger partial charge in [-0.2, -0.15) is 17.0 Å². The zero-order valence-electron chi connectivity index (χ0n) is 15.7. The lowest BCUT2D eigenvalue weighted by molar-refractivity contribution is -0.117. The molecule has 27 heavy (non-hydrogen) atoms. The zero-order valence-corrected chi connectivity index (χ0v) is 16.5. The van der Waals surface area contributed by atoms with E-state index in [1.54, 1.807) is 18.2 Å². The molecule has 150 valence electrons. The average molecular weight is 398 g/mol. The fraction of sp³-hybridized carbons (Fsp3) is 0.588. The SMILES string of the molecule is CCN(CC)S(=O)(=O)N1CCN(CC(=O)Nc2ccc3c(c2)OCO3)CC1. The van der Waals surface area contributed by atoms with Crippen LogP contribution in [0.3, 0.4) is 0 Å². The number of carbonyl (C=O) groups excluding carboxylic acids is 1. The molecule has 3 rings (SSSR count). The van der Waals surface area contributed by atoms with Crippen LogP contribution >= 0.6 is 0 Å². The molecule has 9 nitrogen and oxygen atoms in total. The molecule has 1 amide bonds. The quantitative estimate of drug-likeness (QED) is 0.722. The second kappa shape index (κ2) is 8.42. The van der Waals surface area contributed by atoms with Crippen molar-refractivity contribution < 1.29 is 22.7 Å². The van der Waals surface area contributed by atoms with Crippen LogP contribution in [0.1, 0.15) is 13.8 Å². The molecule has 10 heteroatoms. The number of carbonyl (C=O) groups is 1. The third-order valence-electron chi connectivity index (χ3n) is 4.71. The van der Waals surface area contributed by atoms with E-state index in [0.717, 1.165) is 0 Å². The van der Waals surface area contributed by atoms with E-state index in [1.807, 2.05) is 18.7 Å². The highest BCUT2D eigenvalue weighted by Gasteiger charge is 2.31. The molecule has 0 unspecified atom stereocenters. The summed E-state index contributed by atoms with van der Waals surface area (Å²) in [4.78, 5) is 14.3. The Morgan fingerprint density at radius 2 is 1.78 bits per heavy atom. The molecule has 2 aliphatic heterocycles. The van der Waals surface area contributed by atoms with Gasteiger partial charge in [0.2, 0.25) is 12.7 Å². The lowest BCUT2D eigenvalue weighted by atomic mass is 10.2. The van der Waals surface area contributed by atoms with Crippen LogP contribution in [0.4, 0.5) is 5.69 Å². The summed E-state index contributed by atoms with van der Waals surface area (Å²) in [5.74, 6) is 1.13. The van der Waals surface area contributed by atoms with Gasteiger partial charge in [-0.3, -0.25) is 9.69 Å². The minimum absolute atomic E-state index is 0.145. The maximum Gasteiger partial charge on any atom is 0.282 e. The Morgan fingerprint density at radius 1 is 1.11 bits per heavy atom. The average Bonchev–Trinajstić information content (AvgIpc) is 3.10. The Balaban J connectivity index is 1.49. The molecule has 2 heterocycles. The molecule has 0 bridgehead atoms. The largest absolute Gasteiger partial charge is 0.454 e. The summed E-state index contributed by atoms with van der Waals surface area (Å²) in [7, 11) is -3.42. The van der Waals surface area contributed by atoms with Crippen molar-refractivity contribution in [2.24, 2.45) is 0 Å². The Kier molecular flexibility index (Phi) is 6.20. The first-order valence-electron chi connectivity index (χ1n) is 9.11. The van der Waals surface area contributed by atoms with Crippen LogP contribution in [0, 0.1) is 0 Å². The molecular formula is C17H26N4O5S. The number of rotatable bonds is 7.